The molecule has 0 bridgehead atoms. The fraction of sp³-hybridized carbons (Fsp3) is 0.467. The first-order valence-corrected chi connectivity index (χ1v) is 7.92. The maximum atomic E-state index is 11.7. The van der Waals surface area contributed by atoms with Crippen LogP contribution in [0, 0.1) is 0 Å². The first kappa shape index (κ1) is 16.5. The number of hydrogen-bond acceptors (Lipinski definition) is 5. The standard InChI is InChI=1S/C15H21N3O3S/c1-15(2,3)12-9-22-13(18-12)8-17-14(20)16-7-10(19)11-5-4-6-21-11/h4-6,9-10,19H,7-8H2,1-3H3,(H2,16,17,20). The third-order valence-corrected chi connectivity index (χ3v) is 3.90. The van der Waals surface area contributed by atoms with Gasteiger partial charge in [0.1, 0.15) is 16.9 Å². The van der Waals surface area contributed by atoms with Crippen LogP contribution in [0.1, 0.15) is 43.3 Å². The molecule has 6 nitrogen and oxygen atoms in total. The predicted molar refractivity (Wildman–Crippen MR) is 84.7 cm³/mol. The second kappa shape index (κ2) is 6.93. The molecular formula is C15H21N3O3S. The molecule has 22 heavy (non-hydrogen) atoms. The van der Waals surface area contributed by atoms with Crippen LogP contribution < -0.4 is 10.6 Å². The first-order valence-electron chi connectivity index (χ1n) is 7.04. The van der Waals surface area contributed by atoms with E-state index in [9.17, 15) is 9.90 Å². The number of thiazole rings is 1. The molecule has 0 aromatic carbocycles. The number of nitrogens with one attached hydrogen (secondary N) is 2. The zero-order valence-corrected chi connectivity index (χ0v) is 13.7. The van der Waals surface area contributed by atoms with Gasteiger partial charge in [0.15, 0.2) is 0 Å². The second-order valence-corrected chi connectivity index (χ2v) is 6.91. The molecule has 2 aromatic rings. The molecule has 0 radical (unpaired) electrons. The molecule has 0 aliphatic heterocycles. The number of aliphatic hydroxyl groups excluding tert-OH is 1. The molecular weight excluding hydrogens is 302 g/mol. The molecule has 3 N–H and O–H groups in total. The summed E-state index contributed by atoms with van der Waals surface area (Å²) in [7, 11) is 0. The molecule has 0 saturated heterocycles. The van der Waals surface area contributed by atoms with Crippen LogP contribution in [-0.4, -0.2) is 22.7 Å². The van der Waals surface area contributed by atoms with Crippen molar-refractivity contribution in [2.75, 3.05) is 6.54 Å². The van der Waals surface area contributed by atoms with Crippen LogP contribution in [-0.2, 0) is 12.0 Å². The molecule has 0 fully saturated rings. The summed E-state index contributed by atoms with van der Waals surface area (Å²) in [6.07, 6.45) is 0.626. The van der Waals surface area contributed by atoms with Gasteiger partial charge < -0.3 is 20.2 Å². The Balaban J connectivity index is 1.75. The lowest BCUT2D eigenvalue weighted by Gasteiger charge is -2.14. The molecule has 1 unspecified atom stereocenters. The smallest absolute Gasteiger partial charge is 0.315 e. The largest absolute Gasteiger partial charge is 0.467 e. The van der Waals surface area contributed by atoms with Crippen LogP contribution >= 0.6 is 11.3 Å². The van der Waals surface area contributed by atoms with Gasteiger partial charge in [-0.3, -0.25) is 0 Å². The lowest BCUT2D eigenvalue weighted by atomic mass is 9.93. The number of hydrogen-bond donors (Lipinski definition) is 3. The van der Waals surface area contributed by atoms with E-state index >= 15 is 0 Å². The number of aliphatic hydroxyl groups is 1. The van der Waals surface area contributed by atoms with Crippen molar-refractivity contribution in [1.82, 2.24) is 15.6 Å². The van der Waals surface area contributed by atoms with Gasteiger partial charge in [0.25, 0.3) is 0 Å². The van der Waals surface area contributed by atoms with E-state index < -0.39 is 6.10 Å². The van der Waals surface area contributed by atoms with Crippen molar-refractivity contribution in [3.05, 3.63) is 40.2 Å². The van der Waals surface area contributed by atoms with Crippen molar-refractivity contribution in [3.8, 4) is 0 Å². The van der Waals surface area contributed by atoms with Crippen LogP contribution in [0.4, 0.5) is 4.79 Å². The van der Waals surface area contributed by atoms with Gasteiger partial charge in [-0.15, -0.1) is 11.3 Å². The van der Waals surface area contributed by atoms with Crippen molar-refractivity contribution in [2.45, 2.75) is 38.8 Å². The van der Waals surface area contributed by atoms with Crippen LogP contribution in [0.3, 0.4) is 0 Å². The van der Waals surface area contributed by atoms with Crippen LogP contribution in [0.15, 0.2) is 28.2 Å². The fourth-order valence-corrected chi connectivity index (χ4v) is 2.69. The second-order valence-electron chi connectivity index (χ2n) is 5.97. The monoisotopic (exact) mass is 323 g/mol. The van der Waals surface area contributed by atoms with Gasteiger partial charge in [-0.1, -0.05) is 20.8 Å². The fourth-order valence-electron chi connectivity index (χ4n) is 1.73. The minimum atomic E-state index is -0.854. The van der Waals surface area contributed by atoms with E-state index in [1.807, 2.05) is 5.38 Å². The van der Waals surface area contributed by atoms with Crippen LogP contribution in [0.2, 0.25) is 0 Å². The summed E-state index contributed by atoms with van der Waals surface area (Å²) in [5, 5.41) is 18.0. The number of carbonyl (C=O) groups is 1. The molecule has 2 amide bonds. The molecule has 2 heterocycles. The molecule has 0 spiro atoms. The Hall–Kier alpha value is -1.86. The average molecular weight is 323 g/mol. The van der Waals surface area contributed by atoms with E-state index in [4.69, 9.17) is 4.42 Å². The molecule has 0 aliphatic rings. The number of aromatic nitrogens is 1. The Morgan fingerprint density at radius 2 is 2.23 bits per heavy atom. The van der Waals surface area contributed by atoms with E-state index in [1.54, 1.807) is 12.1 Å². The van der Waals surface area contributed by atoms with Gasteiger partial charge in [0.2, 0.25) is 0 Å². The zero-order chi connectivity index (χ0) is 16.2. The van der Waals surface area contributed by atoms with E-state index in [0.29, 0.717) is 12.3 Å². The minimum absolute atomic E-state index is 0.00413. The molecule has 0 aliphatic carbocycles. The summed E-state index contributed by atoms with van der Waals surface area (Å²) >= 11 is 1.52. The lowest BCUT2D eigenvalue weighted by Crippen LogP contribution is -2.37. The number of carbonyl (C=O) groups excluding carboxylic acids is 1. The number of amides is 2. The zero-order valence-electron chi connectivity index (χ0n) is 12.9. The van der Waals surface area contributed by atoms with Crippen LogP contribution in [0.25, 0.3) is 0 Å². The van der Waals surface area contributed by atoms with Crippen molar-refractivity contribution < 1.29 is 14.3 Å². The summed E-state index contributed by atoms with van der Waals surface area (Å²) in [6, 6.07) is 3.00. The predicted octanol–water partition coefficient (Wildman–Crippen LogP) is 2.57. The molecule has 7 heteroatoms. The molecule has 1 atom stereocenters. The SMILES string of the molecule is CC(C)(C)c1csc(CNC(=O)NCC(O)c2ccco2)n1. The molecule has 120 valence electrons. The van der Waals surface area contributed by atoms with Crippen molar-refractivity contribution in [1.29, 1.82) is 0 Å². The third-order valence-electron chi connectivity index (χ3n) is 3.05. The van der Waals surface area contributed by atoms with Crippen molar-refractivity contribution in [2.24, 2.45) is 0 Å². The molecule has 2 aromatic heterocycles. The number of nitrogens with zero attached hydrogens (tertiary/aromatic N) is 1. The van der Waals surface area contributed by atoms with Crippen molar-refractivity contribution >= 4 is 17.4 Å². The van der Waals surface area contributed by atoms with Gasteiger partial charge in [-0.2, -0.15) is 0 Å². The number of rotatable bonds is 5. The number of urea groups is 1. The maximum Gasteiger partial charge on any atom is 0.315 e. The highest BCUT2D eigenvalue weighted by atomic mass is 32.1. The number of furan rings is 1. The van der Waals surface area contributed by atoms with Gasteiger partial charge in [0.05, 0.1) is 25.0 Å². The normalized spacial score (nSPS) is 12.9. The van der Waals surface area contributed by atoms with E-state index in [0.717, 1.165) is 10.7 Å². The summed E-state index contributed by atoms with van der Waals surface area (Å²) in [5.74, 6) is 0.426. The highest BCUT2D eigenvalue weighted by Gasteiger charge is 2.17. The van der Waals surface area contributed by atoms with E-state index in [1.165, 1.54) is 17.6 Å². The van der Waals surface area contributed by atoms with Crippen LogP contribution in [0.5, 0.6) is 0 Å². The summed E-state index contributed by atoms with van der Waals surface area (Å²) in [5.41, 5.74) is 1.02. The van der Waals surface area contributed by atoms with Gasteiger partial charge >= 0.3 is 6.03 Å². The van der Waals surface area contributed by atoms with Gasteiger partial charge in [-0.05, 0) is 12.1 Å². The van der Waals surface area contributed by atoms with Gasteiger partial charge in [-0.25, -0.2) is 9.78 Å². The Morgan fingerprint density at radius 3 is 2.82 bits per heavy atom. The minimum Gasteiger partial charge on any atom is -0.467 e. The third kappa shape index (κ3) is 4.57. The lowest BCUT2D eigenvalue weighted by molar-refractivity contribution is 0.148. The van der Waals surface area contributed by atoms with E-state index in [2.05, 4.69) is 36.4 Å². The Labute approximate surface area is 133 Å². The Morgan fingerprint density at radius 1 is 1.45 bits per heavy atom. The highest BCUT2D eigenvalue weighted by Crippen LogP contribution is 2.23. The maximum absolute atomic E-state index is 11.7. The quantitative estimate of drug-likeness (QED) is 0.789. The summed E-state index contributed by atoms with van der Waals surface area (Å²) in [4.78, 5) is 16.2. The summed E-state index contributed by atoms with van der Waals surface area (Å²) in [6.45, 7) is 6.75. The average Bonchev–Trinajstić information content (AvgIpc) is 3.12. The van der Waals surface area contributed by atoms with Crippen molar-refractivity contribution in [3.63, 3.8) is 0 Å². The van der Waals surface area contributed by atoms with E-state index in [-0.39, 0.29) is 18.0 Å². The molecule has 0 saturated carbocycles. The summed E-state index contributed by atoms with van der Waals surface area (Å²) < 4.78 is 5.06. The van der Waals surface area contributed by atoms with Gasteiger partial charge in [0, 0.05) is 10.8 Å². The highest BCUT2D eigenvalue weighted by molar-refractivity contribution is 7.09. The molecule has 2 rings (SSSR count). The topological polar surface area (TPSA) is 87.4 Å². The Bertz CT molecular complexity index is 602. The Kier molecular flexibility index (Phi) is 5.20. The first-order chi connectivity index (χ1) is 10.4.